The van der Waals surface area contributed by atoms with Crippen LogP contribution in [0.15, 0.2) is 24.3 Å². The molecule has 0 saturated carbocycles. The molecule has 1 aromatic heterocycles. The molecule has 1 fully saturated rings. The van der Waals surface area contributed by atoms with Gasteiger partial charge in [0.2, 0.25) is 0 Å². The van der Waals surface area contributed by atoms with Gasteiger partial charge in [-0.15, -0.1) is 0 Å². The van der Waals surface area contributed by atoms with E-state index in [9.17, 15) is 9.59 Å². The molecule has 6 nitrogen and oxygen atoms in total. The molecule has 4 rings (SSSR count). The first-order valence-electron chi connectivity index (χ1n) is 7.93. The zero-order valence-electron chi connectivity index (χ0n) is 13.0. The van der Waals surface area contributed by atoms with Crippen molar-refractivity contribution >= 4 is 22.7 Å². The van der Waals surface area contributed by atoms with Crippen LogP contribution in [0, 0.1) is 5.92 Å². The normalized spacial score (nSPS) is 23.6. The lowest BCUT2D eigenvalue weighted by atomic mass is 10.1. The van der Waals surface area contributed by atoms with E-state index in [0.717, 1.165) is 17.4 Å². The van der Waals surface area contributed by atoms with Gasteiger partial charge in [-0.1, -0.05) is 13.0 Å². The fourth-order valence-electron chi connectivity index (χ4n) is 3.29. The van der Waals surface area contributed by atoms with Gasteiger partial charge in [0.15, 0.2) is 0 Å². The summed E-state index contributed by atoms with van der Waals surface area (Å²) in [5.41, 5.74) is 2.20. The Kier molecular flexibility index (Phi) is 3.34. The topological polar surface area (TPSA) is 72.4 Å². The van der Waals surface area contributed by atoms with Gasteiger partial charge in [-0.3, -0.25) is 9.59 Å². The van der Waals surface area contributed by atoms with Gasteiger partial charge in [0.25, 0.3) is 11.8 Å². The lowest BCUT2D eigenvalue weighted by Gasteiger charge is -2.17. The number of fused-ring (bicyclic) bond motifs is 3. The molecule has 0 bridgehead atoms. The van der Waals surface area contributed by atoms with Crippen LogP contribution in [0.3, 0.4) is 0 Å². The third kappa shape index (κ3) is 2.39. The summed E-state index contributed by atoms with van der Waals surface area (Å²) in [4.78, 5) is 24.4. The SMILES string of the molecule is CC1COCC1NC(=O)c1ccc2cc3n(c2c1)CCNC3=O. The molecule has 23 heavy (non-hydrogen) atoms. The molecule has 2 aliphatic rings. The van der Waals surface area contributed by atoms with Crippen molar-refractivity contribution in [3.8, 4) is 0 Å². The van der Waals surface area contributed by atoms with Crippen LogP contribution in [0.4, 0.5) is 0 Å². The monoisotopic (exact) mass is 313 g/mol. The number of ether oxygens (including phenoxy) is 1. The summed E-state index contributed by atoms with van der Waals surface area (Å²) in [7, 11) is 0. The Balaban J connectivity index is 1.66. The fourth-order valence-corrected chi connectivity index (χ4v) is 3.29. The molecular formula is C17H19N3O3. The summed E-state index contributed by atoms with van der Waals surface area (Å²) in [5, 5.41) is 6.85. The predicted molar refractivity (Wildman–Crippen MR) is 85.5 cm³/mol. The maximum absolute atomic E-state index is 12.5. The van der Waals surface area contributed by atoms with Crippen molar-refractivity contribution in [1.82, 2.24) is 15.2 Å². The number of amides is 2. The van der Waals surface area contributed by atoms with Gasteiger partial charge in [-0.25, -0.2) is 0 Å². The minimum Gasteiger partial charge on any atom is -0.379 e. The van der Waals surface area contributed by atoms with Crippen molar-refractivity contribution in [1.29, 1.82) is 0 Å². The molecule has 2 aromatic rings. The van der Waals surface area contributed by atoms with E-state index in [-0.39, 0.29) is 17.9 Å². The van der Waals surface area contributed by atoms with Crippen LogP contribution in [0.1, 0.15) is 27.8 Å². The second-order valence-electron chi connectivity index (χ2n) is 6.31. The third-order valence-electron chi connectivity index (χ3n) is 4.70. The second kappa shape index (κ2) is 5.38. The molecule has 0 aliphatic carbocycles. The molecule has 0 spiro atoms. The molecule has 2 unspecified atom stereocenters. The Morgan fingerprint density at radius 1 is 1.35 bits per heavy atom. The predicted octanol–water partition coefficient (Wildman–Crippen LogP) is 1.15. The lowest BCUT2D eigenvalue weighted by molar-refractivity contribution is 0.0920. The summed E-state index contributed by atoms with van der Waals surface area (Å²) in [6, 6.07) is 7.51. The van der Waals surface area contributed by atoms with Crippen LogP contribution in [-0.2, 0) is 11.3 Å². The van der Waals surface area contributed by atoms with E-state index < -0.39 is 0 Å². The molecular weight excluding hydrogens is 294 g/mol. The summed E-state index contributed by atoms with van der Waals surface area (Å²) in [5.74, 6) is 0.174. The number of hydrogen-bond acceptors (Lipinski definition) is 3. The number of aromatic nitrogens is 1. The average Bonchev–Trinajstić information content (AvgIpc) is 3.12. The third-order valence-corrected chi connectivity index (χ3v) is 4.70. The largest absolute Gasteiger partial charge is 0.379 e. The van der Waals surface area contributed by atoms with Gasteiger partial charge in [-0.2, -0.15) is 0 Å². The van der Waals surface area contributed by atoms with Crippen LogP contribution in [-0.4, -0.2) is 42.2 Å². The first-order valence-corrected chi connectivity index (χ1v) is 7.93. The van der Waals surface area contributed by atoms with Crippen LogP contribution in [0.5, 0.6) is 0 Å². The van der Waals surface area contributed by atoms with E-state index in [2.05, 4.69) is 17.6 Å². The Bertz CT molecular complexity index is 796. The number of carbonyl (C=O) groups excluding carboxylic acids is 2. The van der Waals surface area contributed by atoms with Crippen LogP contribution in [0.2, 0.25) is 0 Å². The summed E-state index contributed by atoms with van der Waals surface area (Å²) >= 11 is 0. The van der Waals surface area contributed by atoms with E-state index in [1.165, 1.54) is 0 Å². The smallest absolute Gasteiger partial charge is 0.268 e. The Morgan fingerprint density at radius 3 is 3.00 bits per heavy atom. The maximum Gasteiger partial charge on any atom is 0.268 e. The number of nitrogens with one attached hydrogen (secondary N) is 2. The van der Waals surface area contributed by atoms with Crippen molar-refractivity contribution in [3.05, 3.63) is 35.5 Å². The number of carbonyl (C=O) groups is 2. The van der Waals surface area contributed by atoms with Crippen molar-refractivity contribution in [3.63, 3.8) is 0 Å². The van der Waals surface area contributed by atoms with Gasteiger partial charge in [0.1, 0.15) is 5.69 Å². The van der Waals surface area contributed by atoms with Crippen molar-refractivity contribution in [2.24, 2.45) is 5.92 Å². The molecule has 120 valence electrons. The molecule has 2 N–H and O–H groups in total. The second-order valence-corrected chi connectivity index (χ2v) is 6.31. The highest BCUT2D eigenvalue weighted by Gasteiger charge is 2.26. The highest BCUT2D eigenvalue weighted by atomic mass is 16.5. The minimum absolute atomic E-state index is 0.0598. The summed E-state index contributed by atoms with van der Waals surface area (Å²) < 4.78 is 7.37. The van der Waals surface area contributed by atoms with Crippen LogP contribution in [0.25, 0.3) is 10.9 Å². The molecule has 3 heterocycles. The molecule has 2 atom stereocenters. The average molecular weight is 313 g/mol. The van der Waals surface area contributed by atoms with Crippen molar-refractivity contribution < 1.29 is 14.3 Å². The first kappa shape index (κ1) is 14.3. The molecule has 1 aromatic carbocycles. The Hall–Kier alpha value is -2.34. The van der Waals surface area contributed by atoms with Gasteiger partial charge >= 0.3 is 0 Å². The number of nitrogens with zero attached hydrogens (tertiary/aromatic N) is 1. The van der Waals surface area contributed by atoms with Crippen molar-refractivity contribution in [2.45, 2.75) is 19.5 Å². The van der Waals surface area contributed by atoms with E-state index in [1.807, 2.05) is 28.8 Å². The van der Waals surface area contributed by atoms with Crippen molar-refractivity contribution in [2.75, 3.05) is 19.8 Å². The standard InChI is InChI=1S/C17H19N3O3/c1-10-8-23-9-13(10)19-16(21)12-3-2-11-6-15-17(22)18-4-5-20(15)14(11)7-12/h2-3,6-7,10,13H,4-5,8-9H2,1H3,(H,18,22)(H,19,21). The number of benzene rings is 1. The number of rotatable bonds is 2. The zero-order chi connectivity index (χ0) is 16.0. The van der Waals surface area contributed by atoms with E-state index >= 15 is 0 Å². The molecule has 2 amide bonds. The Labute approximate surface area is 133 Å². The van der Waals surface area contributed by atoms with E-state index in [4.69, 9.17) is 4.74 Å². The van der Waals surface area contributed by atoms with Gasteiger partial charge < -0.3 is 19.9 Å². The van der Waals surface area contributed by atoms with E-state index in [0.29, 0.717) is 36.9 Å². The minimum atomic E-state index is -0.0925. The highest BCUT2D eigenvalue weighted by Crippen LogP contribution is 2.23. The molecule has 0 radical (unpaired) electrons. The summed E-state index contributed by atoms with van der Waals surface area (Å²) in [6.07, 6.45) is 0. The first-order chi connectivity index (χ1) is 11.1. The summed E-state index contributed by atoms with van der Waals surface area (Å²) in [6.45, 7) is 4.66. The molecule has 6 heteroatoms. The number of hydrogen-bond donors (Lipinski definition) is 2. The van der Waals surface area contributed by atoms with Gasteiger partial charge in [0.05, 0.1) is 19.3 Å². The Morgan fingerprint density at radius 2 is 2.22 bits per heavy atom. The van der Waals surface area contributed by atoms with Crippen LogP contribution < -0.4 is 10.6 Å². The quantitative estimate of drug-likeness (QED) is 0.873. The maximum atomic E-state index is 12.5. The lowest BCUT2D eigenvalue weighted by Crippen LogP contribution is -2.39. The van der Waals surface area contributed by atoms with Gasteiger partial charge in [-0.05, 0) is 18.2 Å². The fraction of sp³-hybridized carbons (Fsp3) is 0.412. The van der Waals surface area contributed by atoms with Crippen LogP contribution >= 0.6 is 0 Å². The van der Waals surface area contributed by atoms with E-state index in [1.54, 1.807) is 0 Å². The highest BCUT2D eigenvalue weighted by molar-refractivity contribution is 6.02. The molecule has 2 aliphatic heterocycles. The van der Waals surface area contributed by atoms with Gasteiger partial charge in [0, 0.05) is 35.5 Å². The zero-order valence-corrected chi connectivity index (χ0v) is 13.0. The molecule has 1 saturated heterocycles.